The number of amides is 1. The number of nitro benzene ring substituents is 1. The molecular formula is C12H15N3O5S. The predicted molar refractivity (Wildman–Crippen MR) is 74.2 cm³/mol. The zero-order valence-corrected chi connectivity index (χ0v) is 12.3. The number of carbonyl (C=O) groups excluding carboxylic acids is 1. The van der Waals surface area contributed by atoms with Gasteiger partial charge in [-0.05, 0) is 25.3 Å². The molecule has 8 nitrogen and oxygen atoms in total. The number of hydrogen-bond donors (Lipinski definition) is 2. The number of hydrogen-bond acceptors (Lipinski definition) is 5. The molecule has 0 bridgehead atoms. The SMILES string of the molecule is Cc1c(C(=O)NC2CC2C)cc(S(N)(=O)=O)cc1[N+](=O)[O-]. The third kappa shape index (κ3) is 3.19. The molecule has 0 saturated heterocycles. The number of primary sulfonamides is 1. The predicted octanol–water partition coefficient (Wildman–Crippen LogP) is 0.689. The van der Waals surface area contributed by atoms with Crippen LogP contribution in [0.2, 0.25) is 0 Å². The van der Waals surface area contributed by atoms with Gasteiger partial charge < -0.3 is 5.32 Å². The Morgan fingerprint density at radius 3 is 2.48 bits per heavy atom. The van der Waals surface area contributed by atoms with E-state index in [0.29, 0.717) is 5.92 Å². The van der Waals surface area contributed by atoms with Crippen molar-refractivity contribution in [3.8, 4) is 0 Å². The summed E-state index contributed by atoms with van der Waals surface area (Å²) in [6.07, 6.45) is 0.835. The van der Waals surface area contributed by atoms with Crippen LogP contribution in [-0.2, 0) is 10.0 Å². The number of carbonyl (C=O) groups is 1. The quantitative estimate of drug-likeness (QED) is 0.623. The number of nitrogens with zero attached hydrogens (tertiary/aromatic N) is 1. The molecule has 1 aromatic rings. The fourth-order valence-corrected chi connectivity index (χ4v) is 2.59. The van der Waals surface area contributed by atoms with Gasteiger partial charge in [-0.3, -0.25) is 14.9 Å². The summed E-state index contributed by atoms with van der Waals surface area (Å²) >= 11 is 0. The summed E-state index contributed by atoms with van der Waals surface area (Å²) < 4.78 is 22.8. The molecule has 2 rings (SSSR count). The molecular weight excluding hydrogens is 298 g/mol. The van der Waals surface area contributed by atoms with E-state index in [4.69, 9.17) is 5.14 Å². The van der Waals surface area contributed by atoms with Gasteiger partial charge in [-0.2, -0.15) is 0 Å². The van der Waals surface area contributed by atoms with Crippen LogP contribution in [-0.4, -0.2) is 25.3 Å². The highest BCUT2D eigenvalue weighted by molar-refractivity contribution is 7.89. The molecule has 21 heavy (non-hydrogen) atoms. The van der Waals surface area contributed by atoms with E-state index in [2.05, 4.69) is 5.32 Å². The van der Waals surface area contributed by atoms with Crippen LogP contribution in [0.15, 0.2) is 17.0 Å². The zero-order chi connectivity index (χ0) is 15.9. The lowest BCUT2D eigenvalue weighted by molar-refractivity contribution is -0.385. The van der Waals surface area contributed by atoms with E-state index in [1.165, 1.54) is 6.92 Å². The van der Waals surface area contributed by atoms with E-state index in [1.54, 1.807) is 0 Å². The average Bonchev–Trinajstić information content (AvgIpc) is 3.02. The van der Waals surface area contributed by atoms with Crippen molar-refractivity contribution in [1.82, 2.24) is 5.32 Å². The van der Waals surface area contributed by atoms with E-state index in [-0.39, 0.29) is 17.2 Å². The molecule has 1 fully saturated rings. The number of nitro groups is 1. The van der Waals surface area contributed by atoms with Crippen LogP contribution in [0.1, 0.15) is 29.3 Å². The van der Waals surface area contributed by atoms with E-state index in [9.17, 15) is 23.3 Å². The van der Waals surface area contributed by atoms with Crippen molar-refractivity contribution >= 4 is 21.6 Å². The maximum atomic E-state index is 12.1. The molecule has 1 aliphatic carbocycles. The minimum atomic E-state index is -4.14. The lowest BCUT2D eigenvalue weighted by Crippen LogP contribution is -2.28. The average molecular weight is 313 g/mol. The Hall–Kier alpha value is -2.00. The Morgan fingerprint density at radius 2 is 2.05 bits per heavy atom. The van der Waals surface area contributed by atoms with Crippen molar-refractivity contribution in [2.75, 3.05) is 0 Å². The first-order chi connectivity index (χ1) is 9.61. The van der Waals surface area contributed by atoms with Crippen molar-refractivity contribution < 1.29 is 18.1 Å². The van der Waals surface area contributed by atoms with Gasteiger partial charge in [0.05, 0.1) is 15.4 Å². The van der Waals surface area contributed by atoms with Crippen molar-refractivity contribution in [3.63, 3.8) is 0 Å². The molecule has 2 unspecified atom stereocenters. The van der Waals surface area contributed by atoms with E-state index < -0.39 is 31.4 Å². The Labute approximate surface area is 121 Å². The second-order valence-electron chi connectivity index (χ2n) is 5.21. The Balaban J connectivity index is 2.50. The third-order valence-electron chi connectivity index (χ3n) is 3.55. The lowest BCUT2D eigenvalue weighted by Gasteiger charge is -2.09. The number of rotatable bonds is 4. The van der Waals surface area contributed by atoms with Gasteiger partial charge in [0, 0.05) is 17.7 Å². The van der Waals surface area contributed by atoms with Crippen molar-refractivity contribution in [2.24, 2.45) is 11.1 Å². The maximum Gasteiger partial charge on any atom is 0.274 e. The second kappa shape index (κ2) is 5.08. The third-order valence-corrected chi connectivity index (χ3v) is 4.44. The first kappa shape index (κ1) is 15.4. The molecule has 0 heterocycles. The number of nitrogens with one attached hydrogen (secondary N) is 1. The first-order valence-electron chi connectivity index (χ1n) is 6.24. The van der Waals surface area contributed by atoms with Crippen LogP contribution in [0.25, 0.3) is 0 Å². The summed E-state index contributed by atoms with van der Waals surface area (Å²) in [5, 5.41) is 18.7. The molecule has 114 valence electrons. The fourth-order valence-electron chi connectivity index (χ4n) is 2.03. The molecule has 3 N–H and O–H groups in total. The standard InChI is InChI=1S/C12H15N3O5S/c1-6-3-10(6)14-12(16)9-4-8(21(13,19)20)5-11(7(9)2)15(17)18/h4-6,10H,3H2,1-2H3,(H,14,16)(H2,13,19,20). The molecule has 1 aliphatic rings. The highest BCUT2D eigenvalue weighted by Crippen LogP contribution is 2.31. The topological polar surface area (TPSA) is 132 Å². The van der Waals surface area contributed by atoms with Crippen LogP contribution in [0.5, 0.6) is 0 Å². The molecule has 0 spiro atoms. The normalized spacial score (nSPS) is 20.9. The molecule has 0 aliphatic heterocycles. The molecule has 9 heteroatoms. The fraction of sp³-hybridized carbons (Fsp3) is 0.417. The number of nitrogens with two attached hydrogens (primary N) is 1. The minimum absolute atomic E-state index is 0.0223. The summed E-state index contributed by atoms with van der Waals surface area (Å²) in [6.45, 7) is 3.36. The van der Waals surface area contributed by atoms with Gasteiger partial charge in [0.1, 0.15) is 0 Å². The van der Waals surface area contributed by atoms with Crippen LogP contribution in [0.4, 0.5) is 5.69 Å². The van der Waals surface area contributed by atoms with E-state index >= 15 is 0 Å². The summed E-state index contributed by atoms with van der Waals surface area (Å²) in [5.74, 6) is -0.180. The Bertz CT molecular complexity index is 729. The van der Waals surface area contributed by atoms with Crippen LogP contribution < -0.4 is 10.5 Å². The smallest absolute Gasteiger partial charge is 0.274 e. The van der Waals surface area contributed by atoms with E-state index in [1.807, 2.05) is 6.92 Å². The lowest BCUT2D eigenvalue weighted by atomic mass is 10.1. The van der Waals surface area contributed by atoms with Gasteiger partial charge in [0.25, 0.3) is 11.6 Å². The van der Waals surface area contributed by atoms with Crippen LogP contribution in [0, 0.1) is 23.0 Å². The Morgan fingerprint density at radius 1 is 1.48 bits per heavy atom. The highest BCUT2D eigenvalue weighted by atomic mass is 32.2. The van der Waals surface area contributed by atoms with Crippen LogP contribution in [0.3, 0.4) is 0 Å². The van der Waals surface area contributed by atoms with E-state index in [0.717, 1.165) is 18.6 Å². The van der Waals surface area contributed by atoms with Crippen LogP contribution >= 0.6 is 0 Å². The molecule has 2 atom stereocenters. The van der Waals surface area contributed by atoms with Gasteiger partial charge in [0.15, 0.2) is 0 Å². The van der Waals surface area contributed by atoms with Gasteiger partial charge in [-0.1, -0.05) is 6.92 Å². The summed E-state index contributed by atoms with van der Waals surface area (Å²) in [7, 11) is -4.14. The summed E-state index contributed by atoms with van der Waals surface area (Å²) in [5.41, 5.74) is -0.388. The van der Waals surface area contributed by atoms with Crippen molar-refractivity contribution in [1.29, 1.82) is 0 Å². The maximum absolute atomic E-state index is 12.1. The van der Waals surface area contributed by atoms with Gasteiger partial charge >= 0.3 is 0 Å². The molecule has 1 amide bonds. The van der Waals surface area contributed by atoms with Crippen molar-refractivity contribution in [3.05, 3.63) is 33.4 Å². The molecule has 1 aromatic carbocycles. The summed E-state index contributed by atoms with van der Waals surface area (Å²) in [4.78, 5) is 22.0. The highest BCUT2D eigenvalue weighted by Gasteiger charge is 2.35. The number of sulfonamides is 1. The zero-order valence-electron chi connectivity index (χ0n) is 11.5. The van der Waals surface area contributed by atoms with Crippen molar-refractivity contribution in [2.45, 2.75) is 31.2 Å². The molecule has 0 radical (unpaired) electrons. The number of benzene rings is 1. The van der Waals surface area contributed by atoms with Gasteiger partial charge in [0.2, 0.25) is 10.0 Å². The van der Waals surface area contributed by atoms with Gasteiger partial charge in [-0.25, -0.2) is 13.6 Å². The monoisotopic (exact) mass is 313 g/mol. The molecule has 0 aromatic heterocycles. The first-order valence-corrected chi connectivity index (χ1v) is 7.78. The van der Waals surface area contributed by atoms with Gasteiger partial charge in [-0.15, -0.1) is 0 Å². The summed E-state index contributed by atoms with van der Waals surface area (Å²) in [6, 6.07) is 1.95. The minimum Gasteiger partial charge on any atom is -0.349 e. The second-order valence-corrected chi connectivity index (χ2v) is 6.77. The molecule has 1 saturated carbocycles. The Kier molecular flexibility index (Phi) is 3.72. The largest absolute Gasteiger partial charge is 0.349 e.